The van der Waals surface area contributed by atoms with Crippen molar-refractivity contribution >= 4 is 21.6 Å². The lowest BCUT2D eigenvalue weighted by molar-refractivity contribution is 0.100. The summed E-state index contributed by atoms with van der Waals surface area (Å²) in [6, 6.07) is 5.81. The average molecular weight is 244 g/mol. The van der Waals surface area contributed by atoms with Crippen LogP contribution in [0.3, 0.4) is 0 Å². The second-order valence-corrected chi connectivity index (χ2v) is 4.93. The molecule has 6 nitrogen and oxygen atoms in total. The molecule has 1 amide bonds. The zero-order valence-electron chi connectivity index (χ0n) is 8.38. The van der Waals surface area contributed by atoms with Crippen LogP contribution in [0.15, 0.2) is 24.3 Å². The summed E-state index contributed by atoms with van der Waals surface area (Å²) in [4.78, 5) is 10.8. The van der Waals surface area contributed by atoms with Crippen LogP contribution in [0, 0.1) is 0 Å². The summed E-state index contributed by atoms with van der Waals surface area (Å²) in [5.41, 5.74) is 5.50. The van der Waals surface area contributed by atoms with Crippen LogP contribution >= 0.6 is 0 Å². The quantitative estimate of drug-likeness (QED) is 0.649. The van der Waals surface area contributed by atoms with Crippen molar-refractivity contribution in [2.24, 2.45) is 5.73 Å². The number of benzene rings is 1. The van der Waals surface area contributed by atoms with Crippen LogP contribution in [0.2, 0.25) is 0 Å². The Morgan fingerprint density at radius 2 is 2.12 bits per heavy atom. The van der Waals surface area contributed by atoms with E-state index in [1.807, 2.05) is 0 Å². The standard InChI is InChI=1S/C9H12N2O4S/c10-9(13)7-2-1-3-8(6-7)11-16(14,15)5-4-12/h1-3,6,11-12H,4-5H2,(H2,10,13). The van der Waals surface area contributed by atoms with Crippen molar-refractivity contribution in [1.82, 2.24) is 0 Å². The van der Waals surface area contributed by atoms with Gasteiger partial charge in [-0.1, -0.05) is 6.07 Å². The fraction of sp³-hybridized carbons (Fsp3) is 0.222. The van der Waals surface area contributed by atoms with Crippen molar-refractivity contribution in [3.8, 4) is 0 Å². The molecular weight excluding hydrogens is 232 g/mol. The van der Waals surface area contributed by atoms with E-state index in [1.165, 1.54) is 24.3 Å². The van der Waals surface area contributed by atoms with Gasteiger partial charge in [-0.15, -0.1) is 0 Å². The van der Waals surface area contributed by atoms with E-state index in [0.717, 1.165) is 0 Å². The number of rotatable bonds is 5. The Kier molecular flexibility index (Phi) is 3.86. The summed E-state index contributed by atoms with van der Waals surface area (Å²) in [5.74, 6) is -1.03. The first kappa shape index (κ1) is 12.5. The van der Waals surface area contributed by atoms with Crippen LogP contribution in [0.25, 0.3) is 0 Å². The average Bonchev–Trinajstić information content (AvgIpc) is 2.17. The molecule has 0 unspecified atom stereocenters. The molecular formula is C9H12N2O4S. The summed E-state index contributed by atoms with van der Waals surface area (Å²) in [7, 11) is -3.58. The molecule has 0 atom stereocenters. The molecule has 1 aromatic carbocycles. The molecule has 0 spiro atoms. The van der Waals surface area contributed by atoms with Crippen LogP contribution in [0.1, 0.15) is 10.4 Å². The van der Waals surface area contributed by atoms with E-state index in [4.69, 9.17) is 10.8 Å². The summed E-state index contributed by atoms with van der Waals surface area (Å²) < 4.78 is 24.8. The number of amides is 1. The normalized spacial score (nSPS) is 11.1. The summed E-state index contributed by atoms with van der Waals surface area (Å²) in [6.07, 6.45) is 0. The predicted molar refractivity (Wildman–Crippen MR) is 59.5 cm³/mol. The van der Waals surface area contributed by atoms with Gasteiger partial charge in [0, 0.05) is 11.3 Å². The number of carbonyl (C=O) groups is 1. The fourth-order valence-corrected chi connectivity index (χ4v) is 1.92. The molecule has 1 rings (SSSR count). The maximum absolute atomic E-state index is 11.3. The van der Waals surface area contributed by atoms with E-state index in [1.54, 1.807) is 0 Å². The number of nitrogens with one attached hydrogen (secondary N) is 1. The molecule has 16 heavy (non-hydrogen) atoms. The molecule has 0 heterocycles. The fourth-order valence-electron chi connectivity index (χ4n) is 1.09. The Morgan fingerprint density at radius 3 is 2.69 bits per heavy atom. The van der Waals surface area contributed by atoms with Gasteiger partial charge in [-0.05, 0) is 18.2 Å². The summed E-state index contributed by atoms with van der Waals surface area (Å²) in [5, 5.41) is 8.53. The zero-order chi connectivity index (χ0) is 12.2. The first-order valence-electron chi connectivity index (χ1n) is 4.46. The van der Waals surface area contributed by atoms with E-state index in [0.29, 0.717) is 0 Å². The Balaban J connectivity index is 2.90. The van der Waals surface area contributed by atoms with Gasteiger partial charge < -0.3 is 10.8 Å². The van der Waals surface area contributed by atoms with Crippen molar-refractivity contribution in [3.63, 3.8) is 0 Å². The highest BCUT2D eigenvalue weighted by atomic mass is 32.2. The van der Waals surface area contributed by atoms with Crippen molar-refractivity contribution in [2.75, 3.05) is 17.1 Å². The van der Waals surface area contributed by atoms with Crippen LogP contribution < -0.4 is 10.5 Å². The number of carbonyl (C=O) groups excluding carboxylic acids is 1. The molecule has 0 bridgehead atoms. The van der Waals surface area contributed by atoms with Crippen molar-refractivity contribution in [3.05, 3.63) is 29.8 Å². The second kappa shape index (κ2) is 4.95. The van der Waals surface area contributed by atoms with Crippen LogP contribution in [-0.2, 0) is 10.0 Å². The van der Waals surface area contributed by atoms with Crippen LogP contribution in [0.4, 0.5) is 5.69 Å². The van der Waals surface area contributed by atoms with Gasteiger partial charge in [0.1, 0.15) is 0 Å². The number of hydrogen-bond donors (Lipinski definition) is 3. The molecule has 0 aliphatic carbocycles. The van der Waals surface area contributed by atoms with E-state index in [-0.39, 0.29) is 11.3 Å². The van der Waals surface area contributed by atoms with E-state index >= 15 is 0 Å². The maximum Gasteiger partial charge on any atom is 0.248 e. The van der Waals surface area contributed by atoms with Gasteiger partial charge in [0.05, 0.1) is 12.4 Å². The Hall–Kier alpha value is -1.60. The molecule has 88 valence electrons. The number of sulfonamides is 1. The van der Waals surface area contributed by atoms with Crippen LogP contribution in [-0.4, -0.2) is 31.8 Å². The van der Waals surface area contributed by atoms with Gasteiger partial charge in [0.15, 0.2) is 0 Å². The molecule has 4 N–H and O–H groups in total. The monoisotopic (exact) mass is 244 g/mol. The van der Waals surface area contributed by atoms with Gasteiger partial charge >= 0.3 is 0 Å². The van der Waals surface area contributed by atoms with E-state index in [9.17, 15) is 13.2 Å². The molecule has 0 saturated heterocycles. The number of hydrogen-bond acceptors (Lipinski definition) is 4. The molecule has 7 heteroatoms. The van der Waals surface area contributed by atoms with Crippen molar-refractivity contribution in [2.45, 2.75) is 0 Å². The highest BCUT2D eigenvalue weighted by Crippen LogP contribution is 2.11. The SMILES string of the molecule is NC(=O)c1cccc(NS(=O)(=O)CCO)c1. The third-order valence-electron chi connectivity index (χ3n) is 1.78. The minimum absolute atomic E-state index is 0.212. The van der Waals surface area contributed by atoms with Gasteiger partial charge in [-0.3, -0.25) is 9.52 Å². The molecule has 0 radical (unpaired) electrons. The topological polar surface area (TPSA) is 109 Å². The Bertz CT molecular complexity index is 484. The molecule has 0 aliphatic heterocycles. The number of anilines is 1. The van der Waals surface area contributed by atoms with E-state index in [2.05, 4.69) is 4.72 Å². The molecule has 0 fully saturated rings. The number of aliphatic hydroxyl groups excluding tert-OH is 1. The van der Waals surface area contributed by atoms with Crippen molar-refractivity contribution < 1.29 is 18.3 Å². The van der Waals surface area contributed by atoms with Crippen molar-refractivity contribution in [1.29, 1.82) is 0 Å². The number of primary amides is 1. The maximum atomic E-state index is 11.3. The second-order valence-electron chi connectivity index (χ2n) is 3.09. The van der Waals surface area contributed by atoms with Crippen LogP contribution in [0.5, 0.6) is 0 Å². The lowest BCUT2D eigenvalue weighted by atomic mass is 10.2. The zero-order valence-corrected chi connectivity index (χ0v) is 9.20. The third kappa shape index (κ3) is 3.52. The number of aliphatic hydroxyl groups is 1. The molecule has 0 aromatic heterocycles. The van der Waals surface area contributed by atoms with Gasteiger partial charge in [0.25, 0.3) is 0 Å². The van der Waals surface area contributed by atoms with E-state index < -0.39 is 28.3 Å². The summed E-state index contributed by atoms with van der Waals surface area (Å²) >= 11 is 0. The summed E-state index contributed by atoms with van der Waals surface area (Å²) in [6.45, 7) is -0.467. The first-order valence-corrected chi connectivity index (χ1v) is 6.11. The van der Waals surface area contributed by atoms with Gasteiger partial charge in [-0.25, -0.2) is 8.42 Å². The lowest BCUT2D eigenvalue weighted by Gasteiger charge is -2.07. The van der Waals surface area contributed by atoms with Gasteiger partial charge in [0.2, 0.25) is 15.9 Å². The third-order valence-corrected chi connectivity index (χ3v) is 3.05. The predicted octanol–water partition coefficient (Wildman–Crippen LogP) is -0.481. The minimum Gasteiger partial charge on any atom is -0.395 e. The molecule has 0 aliphatic rings. The largest absolute Gasteiger partial charge is 0.395 e. The lowest BCUT2D eigenvalue weighted by Crippen LogP contribution is -2.19. The molecule has 0 saturated carbocycles. The minimum atomic E-state index is -3.58. The van der Waals surface area contributed by atoms with Gasteiger partial charge in [-0.2, -0.15) is 0 Å². The molecule has 1 aromatic rings. The number of nitrogens with two attached hydrogens (primary N) is 1. The Labute approximate surface area is 93.1 Å². The highest BCUT2D eigenvalue weighted by molar-refractivity contribution is 7.92. The highest BCUT2D eigenvalue weighted by Gasteiger charge is 2.10. The first-order chi connectivity index (χ1) is 7.44. The smallest absolute Gasteiger partial charge is 0.248 e. The Morgan fingerprint density at radius 1 is 1.44 bits per heavy atom.